The number of allylic oxidation sites excluding steroid dienone is 1. The second-order valence-corrected chi connectivity index (χ2v) is 8.55. The summed E-state index contributed by atoms with van der Waals surface area (Å²) in [4.78, 5) is 11.1. The summed E-state index contributed by atoms with van der Waals surface area (Å²) in [5.74, 6) is 0.570. The van der Waals surface area contributed by atoms with Crippen molar-refractivity contribution in [3.05, 3.63) is 53.2 Å². The van der Waals surface area contributed by atoms with Gasteiger partial charge in [0.2, 0.25) is 0 Å². The highest BCUT2D eigenvalue weighted by molar-refractivity contribution is 5.80. The van der Waals surface area contributed by atoms with Gasteiger partial charge in [-0.2, -0.15) is 0 Å². The van der Waals surface area contributed by atoms with Crippen molar-refractivity contribution in [3.63, 3.8) is 0 Å². The molecule has 1 aliphatic carbocycles. The van der Waals surface area contributed by atoms with Gasteiger partial charge in [0.1, 0.15) is 11.6 Å². The predicted molar refractivity (Wildman–Crippen MR) is 129 cm³/mol. The number of hydrogen-bond donors (Lipinski definition) is 5. The first kappa shape index (κ1) is 21.0. The Bertz CT molecular complexity index is 993. The molecule has 9 N–H and O–H groups in total. The highest BCUT2D eigenvalue weighted by Gasteiger charge is 2.40. The molecule has 0 radical (unpaired) electrons. The van der Waals surface area contributed by atoms with Crippen LogP contribution in [0.15, 0.2) is 47.1 Å². The molecule has 2 fully saturated rings. The van der Waals surface area contributed by atoms with Crippen LogP contribution in [0, 0.1) is 0 Å². The molecule has 1 aliphatic heterocycles. The van der Waals surface area contributed by atoms with Crippen LogP contribution in [-0.2, 0) is 13.0 Å². The predicted octanol–water partition coefficient (Wildman–Crippen LogP) is 1.82. The summed E-state index contributed by atoms with van der Waals surface area (Å²) in [6.07, 6.45) is 7.70. The van der Waals surface area contributed by atoms with E-state index in [-0.39, 0.29) is 5.82 Å². The molecule has 31 heavy (non-hydrogen) atoms. The van der Waals surface area contributed by atoms with E-state index in [1.807, 2.05) is 0 Å². The Morgan fingerprint density at radius 1 is 1.23 bits per heavy atom. The zero-order valence-electron chi connectivity index (χ0n) is 17.8. The van der Waals surface area contributed by atoms with Gasteiger partial charge < -0.3 is 33.2 Å². The molecule has 164 valence electrons. The van der Waals surface area contributed by atoms with E-state index in [1.54, 1.807) is 12.3 Å². The number of nitrogens with one attached hydrogen (secondary N) is 1. The summed E-state index contributed by atoms with van der Waals surface area (Å²) in [5, 5.41) is 3.72. The third-order valence-electron chi connectivity index (χ3n) is 6.29. The number of anilines is 4. The van der Waals surface area contributed by atoms with Crippen LogP contribution in [0.1, 0.15) is 30.4 Å². The number of piperazine rings is 1. The molecular weight excluding hydrogens is 388 g/mol. The number of rotatable bonds is 6. The standard InChI is InChI=1S/C23H32N8/c24-12-17(9-18-11-20(25)30-22(27)21(18)26)14-28-13-16-3-1-4-19(10-16)31-8-7-29-23(15-31)5-2-6-23/h1,3-4,10-12,14,29H,2,5-9,13,15,24,26H2,(H4,25,27,30). The van der Waals surface area contributed by atoms with Gasteiger partial charge in [-0.3, -0.25) is 4.99 Å². The summed E-state index contributed by atoms with van der Waals surface area (Å²) in [5.41, 5.74) is 28.3. The topological polar surface area (TPSA) is 145 Å². The van der Waals surface area contributed by atoms with Crippen LogP contribution in [-0.4, -0.2) is 36.4 Å². The first-order chi connectivity index (χ1) is 15.0. The smallest absolute Gasteiger partial charge is 0.149 e. The molecule has 0 atom stereocenters. The largest absolute Gasteiger partial charge is 0.404 e. The highest BCUT2D eigenvalue weighted by atomic mass is 15.2. The molecule has 0 bridgehead atoms. The van der Waals surface area contributed by atoms with Crippen molar-refractivity contribution in [2.75, 3.05) is 41.7 Å². The van der Waals surface area contributed by atoms with Crippen LogP contribution in [0.4, 0.5) is 23.0 Å². The molecular formula is C23H32N8. The normalized spacial score (nSPS) is 18.5. The van der Waals surface area contributed by atoms with Gasteiger partial charge in [0.25, 0.3) is 0 Å². The second kappa shape index (κ2) is 8.85. The zero-order chi connectivity index (χ0) is 21.8. The van der Waals surface area contributed by atoms with Crippen molar-refractivity contribution < 1.29 is 0 Å². The molecule has 1 aromatic heterocycles. The van der Waals surface area contributed by atoms with Gasteiger partial charge in [0.15, 0.2) is 0 Å². The maximum absolute atomic E-state index is 6.03. The molecule has 1 spiro atoms. The fraction of sp³-hybridized carbons (Fsp3) is 0.391. The number of aromatic nitrogens is 1. The van der Waals surface area contributed by atoms with Crippen LogP contribution in [0.2, 0.25) is 0 Å². The van der Waals surface area contributed by atoms with Crippen LogP contribution in [0.3, 0.4) is 0 Å². The Kier molecular flexibility index (Phi) is 5.99. The van der Waals surface area contributed by atoms with Crippen molar-refractivity contribution in [2.45, 2.75) is 37.8 Å². The monoisotopic (exact) mass is 420 g/mol. The van der Waals surface area contributed by atoms with Crippen molar-refractivity contribution in [3.8, 4) is 0 Å². The summed E-state index contributed by atoms with van der Waals surface area (Å²) >= 11 is 0. The van der Waals surface area contributed by atoms with Crippen LogP contribution >= 0.6 is 0 Å². The molecule has 0 amide bonds. The Hall–Kier alpha value is -3.26. The summed E-state index contributed by atoms with van der Waals surface area (Å²) < 4.78 is 0. The van der Waals surface area contributed by atoms with E-state index < -0.39 is 0 Å². The minimum atomic E-state index is 0.233. The van der Waals surface area contributed by atoms with Crippen molar-refractivity contribution in [1.82, 2.24) is 10.3 Å². The lowest BCUT2D eigenvalue weighted by Crippen LogP contribution is -2.64. The minimum absolute atomic E-state index is 0.233. The SMILES string of the molecule is NC=C(C=NCc1cccc(N2CCNC3(CCC3)C2)c1)Cc1cc(N)nc(N)c1N. The third kappa shape index (κ3) is 4.74. The van der Waals surface area contributed by atoms with Gasteiger partial charge in [0, 0.05) is 43.5 Å². The number of benzene rings is 1. The molecule has 2 heterocycles. The number of aliphatic imine (C=N–C) groups is 1. The lowest BCUT2D eigenvalue weighted by atomic mass is 9.75. The lowest BCUT2D eigenvalue weighted by molar-refractivity contribution is 0.173. The Labute approximate surface area is 183 Å². The first-order valence-corrected chi connectivity index (χ1v) is 10.8. The average Bonchev–Trinajstić information content (AvgIpc) is 2.75. The molecule has 8 heteroatoms. The van der Waals surface area contributed by atoms with Crippen LogP contribution in [0.5, 0.6) is 0 Å². The number of nitrogens with two attached hydrogens (primary N) is 4. The maximum Gasteiger partial charge on any atom is 0.149 e. The fourth-order valence-corrected chi connectivity index (χ4v) is 4.40. The number of nitrogen functional groups attached to an aromatic ring is 3. The molecule has 0 unspecified atom stereocenters. The van der Waals surface area contributed by atoms with Gasteiger partial charge in [0.05, 0.1) is 12.2 Å². The van der Waals surface area contributed by atoms with E-state index in [4.69, 9.17) is 22.9 Å². The van der Waals surface area contributed by atoms with Crippen molar-refractivity contribution >= 4 is 29.2 Å². The van der Waals surface area contributed by atoms with Crippen molar-refractivity contribution in [1.29, 1.82) is 0 Å². The number of pyridine rings is 1. The summed E-state index contributed by atoms with van der Waals surface area (Å²) in [7, 11) is 0. The highest BCUT2D eigenvalue weighted by Crippen LogP contribution is 2.35. The van der Waals surface area contributed by atoms with Crippen molar-refractivity contribution in [2.24, 2.45) is 10.7 Å². The van der Waals surface area contributed by atoms with E-state index in [0.717, 1.165) is 30.8 Å². The fourth-order valence-electron chi connectivity index (χ4n) is 4.40. The van der Waals surface area contributed by atoms with Gasteiger partial charge >= 0.3 is 0 Å². The molecule has 2 aromatic rings. The van der Waals surface area contributed by atoms with E-state index in [2.05, 4.69) is 44.5 Å². The van der Waals surface area contributed by atoms with E-state index in [1.165, 1.54) is 36.7 Å². The van der Waals surface area contributed by atoms with Gasteiger partial charge in [-0.05, 0) is 60.4 Å². The molecule has 1 saturated carbocycles. The molecule has 1 saturated heterocycles. The number of nitrogens with zero attached hydrogens (tertiary/aromatic N) is 3. The van der Waals surface area contributed by atoms with Crippen LogP contribution in [0.25, 0.3) is 0 Å². The van der Waals surface area contributed by atoms with E-state index in [9.17, 15) is 0 Å². The third-order valence-corrected chi connectivity index (χ3v) is 6.29. The maximum atomic E-state index is 6.03. The van der Waals surface area contributed by atoms with E-state index in [0.29, 0.717) is 30.0 Å². The number of hydrogen-bond acceptors (Lipinski definition) is 8. The average molecular weight is 421 g/mol. The van der Waals surface area contributed by atoms with Gasteiger partial charge in [-0.25, -0.2) is 4.98 Å². The zero-order valence-corrected chi connectivity index (χ0v) is 17.8. The first-order valence-electron chi connectivity index (χ1n) is 10.8. The summed E-state index contributed by atoms with van der Waals surface area (Å²) in [6.45, 7) is 3.74. The minimum Gasteiger partial charge on any atom is -0.404 e. The Balaban J connectivity index is 1.40. The quantitative estimate of drug-likeness (QED) is 0.448. The Morgan fingerprint density at radius 2 is 2.06 bits per heavy atom. The van der Waals surface area contributed by atoms with E-state index >= 15 is 0 Å². The second-order valence-electron chi connectivity index (χ2n) is 8.55. The van der Waals surface area contributed by atoms with Crippen LogP contribution < -0.4 is 33.2 Å². The summed E-state index contributed by atoms with van der Waals surface area (Å²) in [6, 6.07) is 10.4. The molecule has 2 aliphatic rings. The van der Waals surface area contributed by atoms with Gasteiger partial charge in [-0.1, -0.05) is 12.1 Å². The molecule has 1 aromatic carbocycles. The molecule has 4 rings (SSSR count). The van der Waals surface area contributed by atoms with Gasteiger partial charge in [-0.15, -0.1) is 0 Å². The lowest BCUT2D eigenvalue weighted by Gasteiger charge is -2.50. The molecule has 8 nitrogen and oxygen atoms in total. The Morgan fingerprint density at radius 3 is 2.81 bits per heavy atom.